The predicted octanol–water partition coefficient (Wildman–Crippen LogP) is 2.13. The molecule has 1 atom stereocenters. The van der Waals surface area contributed by atoms with Crippen LogP contribution in [0.15, 0.2) is 53.4 Å². The maximum Gasteiger partial charge on any atom is 0.317 e. The standard InChI is InChI=1S/C26H36N4O5S/c1-3-27-25(32)30-13-11-26(12-14-30)18-29(2)17-22(31)16-28-36(33,34)24-10-9-21(15-23(24)35-19-26)20-7-5-4-6-8-20/h4-10,15,22,28,31H,3,11-14,16-19H2,1-2H3,(H,27,32). The highest BCUT2D eigenvalue weighted by atomic mass is 32.2. The quantitative estimate of drug-likeness (QED) is 0.564. The van der Waals surface area contributed by atoms with E-state index in [2.05, 4.69) is 10.0 Å². The highest BCUT2D eigenvalue weighted by Gasteiger charge is 2.39. The normalized spacial score (nSPS) is 22.5. The third-order valence-electron chi connectivity index (χ3n) is 6.95. The van der Waals surface area contributed by atoms with E-state index in [9.17, 15) is 18.3 Å². The van der Waals surface area contributed by atoms with Gasteiger partial charge in [-0.05, 0) is 50.1 Å². The molecule has 4 rings (SSSR count). The number of amides is 2. The van der Waals surface area contributed by atoms with Crippen molar-refractivity contribution in [3.63, 3.8) is 0 Å². The summed E-state index contributed by atoms with van der Waals surface area (Å²) in [6.45, 7) is 4.84. The topological polar surface area (TPSA) is 111 Å². The minimum atomic E-state index is -3.90. The van der Waals surface area contributed by atoms with Crippen LogP contribution in [-0.4, -0.2) is 88.4 Å². The molecule has 196 valence electrons. The summed E-state index contributed by atoms with van der Waals surface area (Å²) in [7, 11) is -1.98. The molecule has 2 heterocycles. The highest BCUT2D eigenvalue weighted by molar-refractivity contribution is 7.89. The van der Waals surface area contributed by atoms with Crippen LogP contribution in [-0.2, 0) is 10.0 Å². The van der Waals surface area contributed by atoms with Crippen LogP contribution in [0.1, 0.15) is 19.8 Å². The van der Waals surface area contributed by atoms with Crippen molar-refractivity contribution in [2.45, 2.75) is 30.8 Å². The molecule has 2 aliphatic heterocycles. The van der Waals surface area contributed by atoms with Gasteiger partial charge in [0.2, 0.25) is 10.0 Å². The van der Waals surface area contributed by atoms with Gasteiger partial charge in [0.25, 0.3) is 0 Å². The number of aliphatic hydroxyl groups excluding tert-OH is 1. The van der Waals surface area contributed by atoms with E-state index in [0.29, 0.717) is 52.2 Å². The number of nitrogens with one attached hydrogen (secondary N) is 2. The molecular weight excluding hydrogens is 480 g/mol. The smallest absolute Gasteiger partial charge is 0.317 e. The lowest BCUT2D eigenvalue weighted by Gasteiger charge is -2.44. The monoisotopic (exact) mass is 516 g/mol. The van der Waals surface area contributed by atoms with Crippen molar-refractivity contribution in [1.82, 2.24) is 19.8 Å². The molecule has 2 aromatic carbocycles. The van der Waals surface area contributed by atoms with Crippen molar-refractivity contribution in [3.8, 4) is 16.9 Å². The van der Waals surface area contributed by atoms with E-state index in [1.165, 1.54) is 0 Å². The zero-order valence-corrected chi connectivity index (χ0v) is 21.8. The second kappa shape index (κ2) is 11.2. The lowest BCUT2D eigenvalue weighted by molar-refractivity contribution is 0.0244. The highest BCUT2D eigenvalue weighted by Crippen LogP contribution is 2.36. The third-order valence-corrected chi connectivity index (χ3v) is 8.41. The number of nitrogens with zero attached hydrogens (tertiary/aromatic N) is 2. The Bertz CT molecular complexity index is 1150. The zero-order valence-electron chi connectivity index (χ0n) is 20.9. The van der Waals surface area contributed by atoms with Gasteiger partial charge in [0.05, 0.1) is 12.7 Å². The first-order chi connectivity index (χ1) is 17.2. The number of urea groups is 1. The second-order valence-corrected chi connectivity index (χ2v) is 11.6. The number of carbonyl (C=O) groups excluding carboxylic acids is 1. The van der Waals surface area contributed by atoms with Crippen LogP contribution >= 0.6 is 0 Å². The molecule has 0 saturated carbocycles. The number of rotatable bonds is 2. The van der Waals surface area contributed by atoms with Crippen molar-refractivity contribution >= 4 is 16.1 Å². The lowest BCUT2D eigenvalue weighted by atomic mass is 9.78. The van der Waals surface area contributed by atoms with E-state index in [1.54, 1.807) is 18.2 Å². The van der Waals surface area contributed by atoms with Gasteiger partial charge in [-0.25, -0.2) is 17.9 Å². The van der Waals surface area contributed by atoms with Crippen LogP contribution in [0, 0.1) is 5.41 Å². The van der Waals surface area contributed by atoms with Crippen LogP contribution in [0.3, 0.4) is 0 Å². The number of β-amino-alcohol motifs (C(OH)–C–C–N with tert-alkyl or cyclic N) is 1. The second-order valence-electron chi connectivity index (χ2n) is 9.84. The number of hydrogen-bond donors (Lipinski definition) is 3. The molecule has 1 spiro atoms. The Morgan fingerprint density at radius 2 is 1.89 bits per heavy atom. The van der Waals surface area contributed by atoms with Crippen LogP contribution in [0.2, 0.25) is 0 Å². The number of carbonyl (C=O) groups is 1. The van der Waals surface area contributed by atoms with Gasteiger partial charge in [0, 0.05) is 44.7 Å². The van der Waals surface area contributed by atoms with Gasteiger partial charge in [0.15, 0.2) is 0 Å². The average Bonchev–Trinajstić information content (AvgIpc) is 2.87. The van der Waals surface area contributed by atoms with E-state index < -0.39 is 16.1 Å². The van der Waals surface area contributed by atoms with Crippen molar-refractivity contribution in [3.05, 3.63) is 48.5 Å². The Hall–Kier alpha value is -2.66. The molecule has 0 aliphatic carbocycles. The summed E-state index contributed by atoms with van der Waals surface area (Å²) in [6.07, 6.45) is 0.566. The number of piperidine rings is 1. The molecule has 2 aliphatic rings. The van der Waals surface area contributed by atoms with E-state index in [1.807, 2.05) is 54.1 Å². The van der Waals surface area contributed by atoms with Crippen molar-refractivity contribution < 1.29 is 23.1 Å². The molecule has 2 amide bonds. The molecule has 0 bridgehead atoms. The van der Waals surface area contributed by atoms with E-state index in [-0.39, 0.29) is 28.6 Å². The Balaban J connectivity index is 1.67. The number of fused-ring (bicyclic) bond motifs is 1. The number of benzene rings is 2. The molecule has 2 aromatic rings. The zero-order chi connectivity index (χ0) is 25.8. The summed E-state index contributed by atoms with van der Waals surface area (Å²) in [5.41, 5.74) is 1.52. The predicted molar refractivity (Wildman–Crippen MR) is 138 cm³/mol. The Labute approximate surface area is 213 Å². The van der Waals surface area contributed by atoms with Crippen LogP contribution in [0.4, 0.5) is 4.79 Å². The summed E-state index contributed by atoms with van der Waals surface area (Å²) < 4.78 is 35.2. The van der Waals surface area contributed by atoms with E-state index in [0.717, 1.165) is 11.1 Å². The first-order valence-corrected chi connectivity index (χ1v) is 13.9. The molecule has 1 unspecified atom stereocenters. The fraction of sp³-hybridized carbons (Fsp3) is 0.500. The number of hydrogen-bond acceptors (Lipinski definition) is 6. The SMILES string of the molecule is CCNC(=O)N1CCC2(CC1)COc1cc(-c3ccccc3)ccc1S(=O)(=O)NCC(O)CN(C)C2. The molecule has 9 nitrogen and oxygen atoms in total. The number of sulfonamides is 1. The maximum absolute atomic E-state index is 13.2. The Kier molecular flexibility index (Phi) is 8.19. The number of likely N-dealkylation sites (tertiary alicyclic amines) is 1. The number of aliphatic hydroxyl groups is 1. The summed E-state index contributed by atoms with van der Waals surface area (Å²) in [5, 5.41) is 13.4. The summed E-state index contributed by atoms with van der Waals surface area (Å²) >= 11 is 0. The molecule has 36 heavy (non-hydrogen) atoms. The molecule has 1 saturated heterocycles. The van der Waals surface area contributed by atoms with Gasteiger partial charge in [-0.1, -0.05) is 36.4 Å². The minimum absolute atomic E-state index is 0.0539. The molecule has 0 radical (unpaired) electrons. The largest absolute Gasteiger partial charge is 0.492 e. The molecule has 3 N–H and O–H groups in total. The fourth-order valence-electron chi connectivity index (χ4n) is 5.02. The molecule has 10 heteroatoms. The fourth-order valence-corrected chi connectivity index (χ4v) is 6.22. The van der Waals surface area contributed by atoms with Crippen molar-refractivity contribution in [2.75, 3.05) is 52.9 Å². The van der Waals surface area contributed by atoms with Gasteiger partial charge in [-0.3, -0.25) is 0 Å². The summed E-state index contributed by atoms with van der Waals surface area (Å²) in [5.74, 6) is 0.284. The van der Waals surface area contributed by atoms with Crippen LogP contribution in [0.5, 0.6) is 5.75 Å². The lowest BCUT2D eigenvalue weighted by Crippen LogP contribution is -2.53. The Morgan fingerprint density at radius 1 is 1.17 bits per heavy atom. The molecular formula is C26H36N4O5S. The number of ether oxygens (including phenoxy) is 1. The van der Waals surface area contributed by atoms with Gasteiger partial charge in [0.1, 0.15) is 10.6 Å². The van der Waals surface area contributed by atoms with Crippen molar-refractivity contribution in [2.24, 2.45) is 5.41 Å². The minimum Gasteiger partial charge on any atom is -0.492 e. The van der Waals surface area contributed by atoms with Gasteiger partial charge in [-0.2, -0.15) is 0 Å². The van der Waals surface area contributed by atoms with Gasteiger partial charge >= 0.3 is 6.03 Å². The van der Waals surface area contributed by atoms with Crippen LogP contribution < -0.4 is 14.8 Å². The van der Waals surface area contributed by atoms with Crippen LogP contribution in [0.25, 0.3) is 11.1 Å². The van der Waals surface area contributed by atoms with Gasteiger partial charge in [-0.15, -0.1) is 0 Å². The van der Waals surface area contributed by atoms with E-state index in [4.69, 9.17) is 4.74 Å². The first kappa shape index (κ1) is 26.4. The number of likely N-dealkylation sites (N-methyl/N-ethyl adjacent to an activating group) is 1. The summed E-state index contributed by atoms with van der Waals surface area (Å²) in [6, 6.07) is 14.8. The van der Waals surface area contributed by atoms with Crippen molar-refractivity contribution in [1.29, 1.82) is 0 Å². The summed E-state index contributed by atoms with van der Waals surface area (Å²) in [4.78, 5) is 16.2. The first-order valence-electron chi connectivity index (χ1n) is 12.4. The average molecular weight is 517 g/mol. The van der Waals surface area contributed by atoms with Gasteiger partial charge < -0.3 is 25.0 Å². The third kappa shape index (κ3) is 6.18. The molecule has 0 aromatic heterocycles. The van der Waals surface area contributed by atoms with E-state index >= 15 is 0 Å². The Morgan fingerprint density at radius 3 is 2.58 bits per heavy atom. The molecule has 1 fully saturated rings. The maximum atomic E-state index is 13.2.